The minimum Gasteiger partial charge on any atom is -0.490 e. The number of nitrogens with one attached hydrogen (secondary N) is 1. The number of pyridine rings is 1. The molecule has 164 valence electrons. The quantitative estimate of drug-likeness (QED) is 0.506. The number of rotatable bonds is 11. The molecule has 0 saturated carbocycles. The lowest BCUT2D eigenvalue weighted by molar-refractivity contribution is 0.0951. The Balaban J connectivity index is 1.71. The van der Waals surface area contributed by atoms with Crippen molar-refractivity contribution in [3.63, 3.8) is 0 Å². The molecule has 8 heteroatoms. The predicted molar refractivity (Wildman–Crippen MR) is 118 cm³/mol. The van der Waals surface area contributed by atoms with Crippen molar-refractivity contribution in [2.45, 2.75) is 27.3 Å². The highest BCUT2D eigenvalue weighted by Gasteiger charge is 2.18. The molecular formula is C23H28N4O4. The van der Waals surface area contributed by atoms with Crippen molar-refractivity contribution in [3.8, 4) is 28.8 Å². The summed E-state index contributed by atoms with van der Waals surface area (Å²) < 4.78 is 19.0. The first-order valence-corrected chi connectivity index (χ1v) is 10.4. The Labute approximate surface area is 182 Å². The average Bonchev–Trinajstić information content (AvgIpc) is 3.25. The normalized spacial score (nSPS) is 10.5. The van der Waals surface area contributed by atoms with Crippen LogP contribution >= 0.6 is 0 Å². The van der Waals surface area contributed by atoms with Crippen LogP contribution in [0.4, 0.5) is 0 Å². The number of nitrogens with zero attached hydrogens (tertiary/aromatic N) is 3. The second kappa shape index (κ2) is 11.0. The first-order valence-electron chi connectivity index (χ1n) is 10.4. The van der Waals surface area contributed by atoms with Crippen LogP contribution in [0.25, 0.3) is 11.5 Å². The standard InChI is InChI=1S/C23H28N4O4/c1-4-29-19-15-17(16-20(30-5-2)21(19)31-6-3)23(28)26-12-14-27-13-11-25-22(27)18-9-7-8-10-24-18/h7-11,13,15-16H,4-6,12,14H2,1-3H3,(H,26,28). The number of aromatic nitrogens is 3. The van der Waals surface area contributed by atoms with Gasteiger partial charge in [0.15, 0.2) is 17.3 Å². The van der Waals surface area contributed by atoms with Crippen LogP contribution in [-0.2, 0) is 6.54 Å². The summed E-state index contributed by atoms with van der Waals surface area (Å²) in [6.45, 7) is 8.01. The van der Waals surface area contributed by atoms with E-state index in [0.717, 1.165) is 11.5 Å². The van der Waals surface area contributed by atoms with Crippen LogP contribution in [0, 0.1) is 0 Å². The first-order chi connectivity index (χ1) is 15.2. The minimum absolute atomic E-state index is 0.218. The molecule has 1 aromatic carbocycles. The lowest BCUT2D eigenvalue weighted by Crippen LogP contribution is -2.27. The van der Waals surface area contributed by atoms with Crippen LogP contribution in [0.5, 0.6) is 17.2 Å². The zero-order valence-electron chi connectivity index (χ0n) is 18.1. The minimum atomic E-state index is -0.218. The molecule has 0 saturated heterocycles. The Hall–Kier alpha value is -3.55. The van der Waals surface area contributed by atoms with E-state index in [2.05, 4.69) is 15.3 Å². The summed E-state index contributed by atoms with van der Waals surface area (Å²) in [5.74, 6) is 2.04. The van der Waals surface area contributed by atoms with Crippen LogP contribution in [0.2, 0.25) is 0 Å². The smallest absolute Gasteiger partial charge is 0.251 e. The molecule has 0 spiro atoms. The number of carbonyl (C=O) groups is 1. The summed E-state index contributed by atoms with van der Waals surface area (Å²) in [6, 6.07) is 9.05. The van der Waals surface area contributed by atoms with Gasteiger partial charge in [0.25, 0.3) is 5.91 Å². The molecule has 3 aromatic rings. The van der Waals surface area contributed by atoms with Gasteiger partial charge < -0.3 is 24.1 Å². The molecule has 2 heterocycles. The van der Waals surface area contributed by atoms with E-state index in [0.29, 0.717) is 55.7 Å². The number of amides is 1. The third kappa shape index (κ3) is 5.53. The molecule has 2 aromatic heterocycles. The van der Waals surface area contributed by atoms with Gasteiger partial charge in [-0.3, -0.25) is 9.78 Å². The third-order valence-corrected chi connectivity index (χ3v) is 4.42. The molecule has 3 rings (SSSR count). The second-order valence-corrected chi connectivity index (χ2v) is 6.52. The summed E-state index contributed by atoms with van der Waals surface area (Å²) >= 11 is 0. The summed E-state index contributed by atoms with van der Waals surface area (Å²) in [7, 11) is 0. The molecule has 0 fully saturated rings. The number of carbonyl (C=O) groups excluding carboxylic acids is 1. The highest BCUT2D eigenvalue weighted by molar-refractivity contribution is 5.95. The molecule has 1 N–H and O–H groups in total. The van der Waals surface area contributed by atoms with E-state index in [1.807, 2.05) is 49.7 Å². The molecule has 0 unspecified atom stereocenters. The van der Waals surface area contributed by atoms with E-state index in [4.69, 9.17) is 14.2 Å². The fourth-order valence-corrected chi connectivity index (χ4v) is 3.13. The molecule has 0 radical (unpaired) electrons. The number of ether oxygens (including phenoxy) is 3. The predicted octanol–water partition coefficient (Wildman–Crippen LogP) is 3.57. The van der Waals surface area contributed by atoms with Crippen molar-refractivity contribution in [1.82, 2.24) is 19.9 Å². The van der Waals surface area contributed by atoms with E-state index in [-0.39, 0.29) is 5.91 Å². The fraction of sp³-hybridized carbons (Fsp3) is 0.348. The molecule has 0 bridgehead atoms. The van der Waals surface area contributed by atoms with Gasteiger partial charge >= 0.3 is 0 Å². The monoisotopic (exact) mass is 424 g/mol. The zero-order valence-corrected chi connectivity index (χ0v) is 18.1. The number of hydrogen-bond acceptors (Lipinski definition) is 6. The number of imidazole rings is 1. The van der Waals surface area contributed by atoms with Gasteiger partial charge in [0, 0.05) is 37.2 Å². The SMILES string of the molecule is CCOc1cc(C(=O)NCCn2ccnc2-c2ccccn2)cc(OCC)c1OCC. The van der Waals surface area contributed by atoms with Crippen LogP contribution in [0.1, 0.15) is 31.1 Å². The lowest BCUT2D eigenvalue weighted by atomic mass is 10.1. The summed E-state index contributed by atoms with van der Waals surface area (Å²) in [4.78, 5) is 21.5. The Morgan fingerprint density at radius 3 is 2.29 bits per heavy atom. The van der Waals surface area contributed by atoms with Gasteiger partial charge in [-0.25, -0.2) is 4.98 Å². The maximum atomic E-state index is 12.8. The van der Waals surface area contributed by atoms with Gasteiger partial charge in [-0.1, -0.05) is 6.07 Å². The number of hydrogen-bond donors (Lipinski definition) is 1. The van der Waals surface area contributed by atoms with E-state index in [9.17, 15) is 4.79 Å². The van der Waals surface area contributed by atoms with E-state index >= 15 is 0 Å². The van der Waals surface area contributed by atoms with Crippen LogP contribution in [-0.4, -0.2) is 46.8 Å². The zero-order chi connectivity index (χ0) is 22.1. The van der Waals surface area contributed by atoms with Crippen LogP contribution < -0.4 is 19.5 Å². The highest BCUT2D eigenvalue weighted by Crippen LogP contribution is 2.39. The second-order valence-electron chi connectivity index (χ2n) is 6.52. The molecule has 0 aliphatic carbocycles. The maximum absolute atomic E-state index is 12.8. The molecule has 0 aliphatic rings. The largest absolute Gasteiger partial charge is 0.490 e. The van der Waals surface area contributed by atoms with Gasteiger partial charge in [-0.15, -0.1) is 0 Å². The highest BCUT2D eigenvalue weighted by atomic mass is 16.5. The van der Waals surface area contributed by atoms with Gasteiger partial charge in [0.05, 0.1) is 19.8 Å². The molecule has 0 atom stereocenters. The molecule has 1 amide bonds. The van der Waals surface area contributed by atoms with E-state index in [1.165, 1.54) is 0 Å². The van der Waals surface area contributed by atoms with Crippen molar-refractivity contribution in [1.29, 1.82) is 0 Å². The Morgan fingerprint density at radius 1 is 0.968 bits per heavy atom. The third-order valence-electron chi connectivity index (χ3n) is 4.42. The van der Waals surface area contributed by atoms with Gasteiger partial charge in [0.1, 0.15) is 5.69 Å². The Morgan fingerprint density at radius 2 is 1.68 bits per heavy atom. The van der Waals surface area contributed by atoms with E-state index in [1.54, 1.807) is 24.5 Å². The Kier molecular flexibility index (Phi) is 7.86. The van der Waals surface area contributed by atoms with Crippen LogP contribution in [0.15, 0.2) is 48.9 Å². The Bertz CT molecular complexity index is 961. The molecule has 0 aliphatic heterocycles. The fourth-order valence-electron chi connectivity index (χ4n) is 3.13. The van der Waals surface area contributed by atoms with Crippen LogP contribution in [0.3, 0.4) is 0 Å². The van der Waals surface area contributed by atoms with Crippen molar-refractivity contribution in [3.05, 3.63) is 54.5 Å². The maximum Gasteiger partial charge on any atom is 0.251 e. The molecule has 31 heavy (non-hydrogen) atoms. The van der Waals surface area contributed by atoms with Crippen molar-refractivity contribution in [2.24, 2.45) is 0 Å². The molecule has 8 nitrogen and oxygen atoms in total. The van der Waals surface area contributed by atoms with E-state index < -0.39 is 0 Å². The first kappa shape index (κ1) is 22.1. The van der Waals surface area contributed by atoms with Gasteiger partial charge in [0.2, 0.25) is 5.75 Å². The average molecular weight is 425 g/mol. The van der Waals surface area contributed by atoms with Gasteiger partial charge in [-0.05, 0) is 45.0 Å². The molecular weight excluding hydrogens is 396 g/mol. The summed E-state index contributed by atoms with van der Waals surface area (Å²) in [6.07, 6.45) is 5.32. The summed E-state index contributed by atoms with van der Waals surface area (Å²) in [5.41, 5.74) is 1.24. The van der Waals surface area contributed by atoms with Crippen molar-refractivity contribution in [2.75, 3.05) is 26.4 Å². The van der Waals surface area contributed by atoms with Crippen molar-refractivity contribution >= 4 is 5.91 Å². The lowest BCUT2D eigenvalue weighted by Gasteiger charge is -2.17. The summed E-state index contributed by atoms with van der Waals surface area (Å²) in [5, 5.41) is 2.95. The van der Waals surface area contributed by atoms with Crippen molar-refractivity contribution < 1.29 is 19.0 Å². The number of benzene rings is 1. The van der Waals surface area contributed by atoms with Gasteiger partial charge in [-0.2, -0.15) is 0 Å². The topological polar surface area (TPSA) is 87.5 Å².